The maximum Gasteiger partial charge on any atom is 0.320 e. The largest absolute Gasteiger partial charge is 0.372 e. The zero-order chi connectivity index (χ0) is 8.65. The summed E-state index contributed by atoms with van der Waals surface area (Å²) in [6, 6.07) is -0.190. The Bertz CT molecular complexity index is 174. The lowest BCUT2D eigenvalue weighted by molar-refractivity contribution is 0.131. The lowest BCUT2D eigenvalue weighted by Crippen LogP contribution is -2.43. The minimum Gasteiger partial charge on any atom is -0.372 e. The molecule has 2 N–H and O–H groups in total. The van der Waals surface area contributed by atoms with Crippen LogP contribution in [-0.2, 0) is 0 Å². The van der Waals surface area contributed by atoms with E-state index in [2.05, 4.69) is 5.32 Å². The molecule has 1 fully saturated rings. The normalized spacial score (nSPS) is 25.6. The fourth-order valence-corrected chi connectivity index (χ4v) is 1.10. The van der Waals surface area contributed by atoms with Gasteiger partial charge in [-0.1, -0.05) is 0 Å². The van der Waals surface area contributed by atoms with Crippen LogP contribution in [0.2, 0.25) is 0 Å². The van der Waals surface area contributed by atoms with Crippen LogP contribution in [0.15, 0.2) is 0 Å². The fourth-order valence-electron chi connectivity index (χ4n) is 1.10. The number of aliphatic hydroxyl groups is 1. The third-order valence-corrected chi connectivity index (χ3v) is 1.70. The van der Waals surface area contributed by atoms with Crippen LogP contribution < -0.4 is 5.32 Å². The number of carbonyl (C=O) groups excluding carboxylic acids is 1. The molecule has 1 aliphatic rings. The molecule has 1 heterocycles. The first-order valence-corrected chi connectivity index (χ1v) is 3.67. The van der Waals surface area contributed by atoms with E-state index in [1.807, 2.05) is 20.8 Å². The summed E-state index contributed by atoms with van der Waals surface area (Å²) in [5, 5.41) is 11.5. The first kappa shape index (κ1) is 8.33. The third kappa shape index (κ3) is 1.63. The zero-order valence-electron chi connectivity index (χ0n) is 7.09. The molecule has 0 aromatic carbocycles. The highest BCUT2D eigenvalue weighted by molar-refractivity contribution is 5.77. The molecule has 64 valence electrons. The predicted octanol–water partition coefficient (Wildman–Crippen LogP) is 0.128. The Morgan fingerprint density at radius 3 is 2.36 bits per heavy atom. The van der Waals surface area contributed by atoms with Gasteiger partial charge < -0.3 is 15.3 Å². The second kappa shape index (κ2) is 2.37. The Kier molecular flexibility index (Phi) is 1.80. The number of rotatable bonds is 0. The van der Waals surface area contributed by atoms with Crippen molar-refractivity contribution < 1.29 is 9.90 Å². The number of urea groups is 1. The Balaban J connectivity index is 2.68. The number of aliphatic hydroxyl groups excluding tert-OH is 1. The van der Waals surface area contributed by atoms with E-state index >= 15 is 0 Å². The van der Waals surface area contributed by atoms with Crippen LogP contribution in [0.25, 0.3) is 0 Å². The van der Waals surface area contributed by atoms with Gasteiger partial charge in [0.15, 0.2) is 0 Å². The molecule has 4 nitrogen and oxygen atoms in total. The first-order valence-electron chi connectivity index (χ1n) is 3.67. The Hall–Kier alpha value is -0.770. The SMILES string of the molecule is CC(C)(C)N1CC(O)NC1=O. The van der Waals surface area contributed by atoms with E-state index in [1.165, 1.54) is 0 Å². The number of hydrogen-bond acceptors (Lipinski definition) is 2. The summed E-state index contributed by atoms with van der Waals surface area (Å²) in [6.07, 6.45) is -0.707. The molecule has 1 aliphatic heterocycles. The molecule has 1 unspecified atom stereocenters. The van der Waals surface area contributed by atoms with Gasteiger partial charge in [0, 0.05) is 5.54 Å². The topological polar surface area (TPSA) is 52.6 Å². The lowest BCUT2D eigenvalue weighted by Gasteiger charge is -2.30. The average Bonchev–Trinajstić information content (AvgIpc) is 2.08. The van der Waals surface area contributed by atoms with E-state index < -0.39 is 6.23 Å². The van der Waals surface area contributed by atoms with Gasteiger partial charge in [-0.25, -0.2) is 4.79 Å². The number of carbonyl (C=O) groups is 1. The quantitative estimate of drug-likeness (QED) is 0.526. The van der Waals surface area contributed by atoms with Crippen molar-refractivity contribution in [2.45, 2.75) is 32.5 Å². The van der Waals surface area contributed by atoms with Gasteiger partial charge in [-0.3, -0.25) is 0 Å². The highest BCUT2D eigenvalue weighted by Crippen LogP contribution is 2.16. The highest BCUT2D eigenvalue weighted by atomic mass is 16.3. The van der Waals surface area contributed by atoms with Crippen LogP contribution in [0.5, 0.6) is 0 Å². The van der Waals surface area contributed by atoms with Gasteiger partial charge in [-0.15, -0.1) is 0 Å². The molecule has 0 aromatic heterocycles. The molecular formula is C7H14N2O2. The van der Waals surface area contributed by atoms with Gasteiger partial charge in [0.25, 0.3) is 0 Å². The monoisotopic (exact) mass is 158 g/mol. The maximum absolute atomic E-state index is 11.1. The standard InChI is InChI=1S/C7H14N2O2/c1-7(2,3)9-4-5(10)8-6(9)11/h5,10H,4H2,1-3H3,(H,8,11). The van der Waals surface area contributed by atoms with Gasteiger partial charge >= 0.3 is 6.03 Å². The molecule has 0 aliphatic carbocycles. The van der Waals surface area contributed by atoms with Crippen molar-refractivity contribution in [3.63, 3.8) is 0 Å². The van der Waals surface area contributed by atoms with Crippen molar-refractivity contribution >= 4 is 6.03 Å². The molecule has 0 bridgehead atoms. The lowest BCUT2D eigenvalue weighted by atomic mass is 10.1. The van der Waals surface area contributed by atoms with Crippen LogP contribution >= 0.6 is 0 Å². The van der Waals surface area contributed by atoms with E-state index in [0.717, 1.165) is 0 Å². The van der Waals surface area contributed by atoms with Crippen molar-refractivity contribution in [3.8, 4) is 0 Å². The second-order valence-electron chi connectivity index (χ2n) is 3.75. The average molecular weight is 158 g/mol. The number of nitrogens with zero attached hydrogens (tertiary/aromatic N) is 1. The van der Waals surface area contributed by atoms with Crippen LogP contribution in [0.1, 0.15) is 20.8 Å². The van der Waals surface area contributed by atoms with Crippen LogP contribution in [0.3, 0.4) is 0 Å². The number of hydrogen-bond donors (Lipinski definition) is 2. The van der Waals surface area contributed by atoms with E-state index in [4.69, 9.17) is 5.11 Å². The molecule has 0 saturated carbocycles. The molecular weight excluding hydrogens is 144 g/mol. The molecule has 1 saturated heterocycles. The van der Waals surface area contributed by atoms with E-state index in [9.17, 15) is 4.79 Å². The van der Waals surface area contributed by atoms with Crippen molar-refractivity contribution in [3.05, 3.63) is 0 Å². The zero-order valence-corrected chi connectivity index (χ0v) is 7.09. The van der Waals surface area contributed by atoms with Crippen LogP contribution in [-0.4, -0.2) is 34.3 Å². The molecule has 0 radical (unpaired) electrons. The van der Waals surface area contributed by atoms with E-state index in [1.54, 1.807) is 4.90 Å². The summed E-state index contributed by atoms with van der Waals surface area (Å²) in [5.41, 5.74) is -0.207. The molecule has 2 amide bonds. The van der Waals surface area contributed by atoms with Gasteiger partial charge in [-0.05, 0) is 20.8 Å². The van der Waals surface area contributed by atoms with Crippen molar-refractivity contribution in [1.29, 1.82) is 0 Å². The minimum absolute atomic E-state index is 0.190. The van der Waals surface area contributed by atoms with E-state index in [-0.39, 0.29) is 11.6 Å². The summed E-state index contributed by atoms with van der Waals surface area (Å²) in [4.78, 5) is 12.7. The van der Waals surface area contributed by atoms with Crippen molar-refractivity contribution in [1.82, 2.24) is 10.2 Å². The smallest absolute Gasteiger partial charge is 0.320 e. The van der Waals surface area contributed by atoms with E-state index in [0.29, 0.717) is 6.54 Å². The second-order valence-corrected chi connectivity index (χ2v) is 3.75. The highest BCUT2D eigenvalue weighted by Gasteiger charge is 2.34. The van der Waals surface area contributed by atoms with Gasteiger partial charge in [0.1, 0.15) is 6.23 Å². The van der Waals surface area contributed by atoms with Gasteiger partial charge in [0.05, 0.1) is 6.54 Å². The van der Waals surface area contributed by atoms with Crippen molar-refractivity contribution in [2.75, 3.05) is 6.54 Å². The van der Waals surface area contributed by atoms with Gasteiger partial charge in [-0.2, -0.15) is 0 Å². The summed E-state index contributed by atoms with van der Waals surface area (Å²) in [5.74, 6) is 0. The minimum atomic E-state index is -0.707. The van der Waals surface area contributed by atoms with Crippen molar-refractivity contribution in [2.24, 2.45) is 0 Å². The van der Waals surface area contributed by atoms with Gasteiger partial charge in [0.2, 0.25) is 0 Å². The number of β-amino-alcohol motifs (C(OH)–C–C–N with tert-alkyl or cyclic N) is 1. The Labute approximate surface area is 66.2 Å². The first-order chi connectivity index (χ1) is 4.91. The molecule has 0 aromatic rings. The number of amides is 2. The summed E-state index contributed by atoms with van der Waals surface area (Å²) in [7, 11) is 0. The molecule has 11 heavy (non-hydrogen) atoms. The van der Waals surface area contributed by atoms with Crippen LogP contribution in [0, 0.1) is 0 Å². The third-order valence-electron chi connectivity index (χ3n) is 1.70. The maximum atomic E-state index is 11.1. The summed E-state index contributed by atoms with van der Waals surface area (Å²) < 4.78 is 0. The molecule has 1 atom stereocenters. The fraction of sp³-hybridized carbons (Fsp3) is 0.857. The Morgan fingerprint density at radius 2 is 2.18 bits per heavy atom. The Morgan fingerprint density at radius 1 is 1.64 bits per heavy atom. The molecule has 1 rings (SSSR count). The molecule has 0 spiro atoms. The van der Waals surface area contributed by atoms with Crippen LogP contribution in [0.4, 0.5) is 4.79 Å². The summed E-state index contributed by atoms with van der Waals surface area (Å²) in [6.45, 7) is 6.18. The summed E-state index contributed by atoms with van der Waals surface area (Å²) >= 11 is 0. The number of nitrogens with one attached hydrogen (secondary N) is 1. The molecule has 4 heteroatoms. The predicted molar refractivity (Wildman–Crippen MR) is 41.0 cm³/mol.